The summed E-state index contributed by atoms with van der Waals surface area (Å²) in [6, 6.07) is 7.26. The van der Waals surface area contributed by atoms with Gasteiger partial charge in [-0.25, -0.2) is 9.66 Å². The molecule has 2 aliphatic rings. The third-order valence-corrected chi connectivity index (χ3v) is 5.74. The van der Waals surface area contributed by atoms with E-state index < -0.39 is 0 Å². The maximum absolute atomic E-state index is 12.9. The number of nitrogens with one attached hydrogen (secondary N) is 1. The molecular formula is C21H27N3O3. The Morgan fingerprint density at radius 1 is 1.22 bits per heavy atom. The number of hydrogen-bond donors (Lipinski definition) is 1. The lowest BCUT2D eigenvalue weighted by Crippen LogP contribution is -2.39. The number of carbonyl (C=O) groups is 1. The summed E-state index contributed by atoms with van der Waals surface area (Å²) >= 11 is 0. The number of aromatic nitrogens is 2. The van der Waals surface area contributed by atoms with Crippen LogP contribution in [0.2, 0.25) is 0 Å². The number of nitrogens with zero attached hydrogens (tertiary/aromatic N) is 2. The number of carbonyl (C=O) groups excluding carboxylic acids is 1. The highest BCUT2D eigenvalue weighted by Crippen LogP contribution is 2.38. The Balaban J connectivity index is 1.55. The van der Waals surface area contributed by atoms with Crippen LogP contribution in [0.5, 0.6) is 0 Å². The Morgan fingerprint density at radius 2 is 1.93 bits per heavy atom. The average Bonchev–Trinajstić information content (AvgIpc) is 2.63. The zero-order chi connectivity index (χ0) is 19.0. The van der Waals surface area contributed by atoms with Gasteiger partial charge < -0.3 is 4.74 Å². The molecule has 1 amide bonds. The largest absolute Gasteiger partial charge is 0.381 e. The van der Waals surface area contributed by atoms with E-state index in [2.05, 4.69) is 10.4 Å². The molecule has 1 saturated carbocycles. The van der Waals surface area contributed by atoms with Crippen LogP contribution in [0.1, 0.15) is 51.3 Å². The van der Waals surface area contributed by atoms with Crippen LogP contribution < -0.4 is 11.0 Å². The Kier molecular flexibility index (Phi) is 5.00. The topological polar surface area (TPSA) is 73.2 Å². The zero-order valence-electron chi connectivity index (χ0n) is 16.0. The first-order chi connectivity index (χ1) is 13.0. The van der Waals surface area contributed by atoms with Gasteiger partial charge in [0.05, 0.1) is 10.9 Å². The van der Waals surface area contributed by atoms with Crippen molar-refractivity contribution < 1.29 is 9.53 Å². The maximum Gasteiger partial charge on any atom is 0.280 e. The van der Waals surface area contributed by atoms with Crippen molar-refractivity contribution in [2.45, 2.75) is 45.4 Å². The fraction of sp³-hybridized carbons (Fsp3) is 0.571. The van der Waals surface area contributed by atoms with Gasteiger partial charge in [0.1, 0.15) is 5.82 Å². The molecule has 1 saturated heterocycles. The van der Waals surface area contributed by atoms with E-state index in [1.807, 2.05) is 32.0 Å². The SMILES string of the molecule is CC(C)c1nc2ccccc2c(=O)n1NC(=O)CC1CC2COCC(C2)C1. The van der Waals surface area contributed by atoms with Crippen molar-refractivity contribution in [2.24, 2.45) is 17.8 Å². The van der Waals surface area contributed by atoms with Crippen LogP contribution in [0.3, 0.4) is 0 Å². The summed E-state index contributed by atoms with van der Waals surface area (Å²) in [6.07, 6.45) is 3.74. The van der Waals surface area contributed by atoms with E-state index in [1.54, 1.807) is 6.07 Å². The second kappa shape index (κ2) is 7.43. The van der Waals surface area contributed by atoms with Gasteiger partial charge in [-0.15, -0.1) is 0 Å². The monoisotopic (exact) mass is 369 g/mol. The van der Waals surface area contributed by atoms with Crippen molar-refractivity contribution in [3.8, 4) is 0 Å². The molecule has 1 N–H and O–H groups in total. The predicted octanol–water partition coefficient (Wildman–Crippen LogP) is 3.04. The number of fused-ring (bicyclic) bond motifs is 3. The van der Waals surface area contributed by atoms with Crippen molar-refractivity contribution in [3.63, 3.8) is 0 Å². The molecule has 144 valence electrons. The van der Waals surface area contributed by atoms with Gasteiger partial charge in [0.15, 0.2) is 0 Å². The summed E-state index contributed by atoms with van der Waals surface area (Å²) in [6.45, 7) is 5.59. The summed E-state index contributed by atoms with van der Waals surface area (Å²) < 4.78 is 6.98. The fourth-order valence-electron chi connectivity index (χ4n) is 4.62. The van der Waals surface area contributed by atoms with Crippen molar-refractivity contribution in [3.05, 3.63) is 40.4 Å². The minimum Gasteiger partial charge on any atom is -0.381 e. The molecule has 4 rings (SSSR count). The Bertz CT molecular complexity index is 893. The smallest absolute Gasteiger partial charge is 0.280 e. The molecule has 0 spiro atoms. The van der Waals surface area contributed by atoms with Gasteiger partial charge in [0.25, 0.3) is 5.56 Å². The summed E-state index contributed by atoms with van der Waals surface area (Å²) in [4.78, 5) is 30.3. The molecule has 1 aliphatic carbocycles. The van der Waals surface area contributed by atoms with Crippen molar-refractivity contribution in [2.75, 3.05) is 18.6 Å². The molecule has 1 aromatic carbocycles. The molecule has 1 aromatic heterocycles. The molecule has 2 bridgehead atoms. The number of ether oxygens (including phenoxy) is 1. The normalized spacial score (nSPS) is 24.9. The molecule has 2 aromatic rings. The lowest BCUT2D eigenvalue weighted by Gasteiger charge is -2.38. The fourth-order valence-corrected chi connectivity index (χ4v) is 4.62. The first-order valence-corrected chi connectivity index (χ1v) is 9.90. The highest BCUT2D eigenvalue weighted by atomic mass is 16.5. The minimum atomic E-state index is -0.216. The van der Waals surface area contributed by atoms with Gasteiger partial charge >= 0.3 is 0 Å². The van der Waals surface area contributed by atoms with Crippen LogP contribution >= 0.6 is 0 Å². The Labute approximate surface area is 158 Å². The molecule has 2 unspecified atom stereocenters. The van der Waals surface area contributed by atoms with Gasteiger partial charge in [-0.2, -0.15) is 0 Å². The molecule has 27 heavy (non-hydrogen) atoms. The third kappa shape index (κ3) is 3.76. The maximum atomic E-state index is 12.9. The number of hydrogen-bond acceptors (Lipinski definition) is 4. The van der Waals surface area contributed by atoms with E-state index >= 15 is 0 Å². The summed E-state index contributed by atoms with van der Waals surface area (Å²) in [5, 5.41) is 0.520. The first-order valence-electron chi connectivity index (χ1n) is 9.90. The van der Waals surface area contributed by atoms with E-state index in [0.29, 0.717) is 40.9 Å². The van der Waals surface area contributed by atoms with Crippen LogP contribution in [0.4, 0.5) is 0 Å². The molecule has 6 nitrogen and oxygen atoms in total. The molecule has 2 atom stereocenters. The van der Waals surface area contributed by atoms with Gasteiger partial charge in [0, 0.05) is 25.6 Å². The molecule has 0 radical (unpaired) electrons. The van der Waals surface area contributed by atoms with Gasteiger partial charge in [-0.05, 0) is 49.1 Å². The van der Waals surface area contributed by atoms with Gasteiger partial charge in [-0.1, -0.05) is 26.0 Å². The minimum absolute atomic E-state index is 0.0220. The average molecular weight is 369 g/mol. The van der Waals surface area contributed by atoms with E-state index in [0.717, 1.165) is 26.1 Å². The van der Waals surface area contributed by atoms with Gasteiger partial charge in [0.2, 0.25) is 5.91 Å². The van der Waals surface area contributed by atoms with Crippen LogP contribution in [0, 0.1) is 17.8 Å². The van der Waals surface area contributed by atoms with Crippen molar-refractivity contribution >= 4 is 16.8 Å². The van der Waals surface area contributed by atoms with E-state index in [4.69, 9.17) is 4.74 Å². The van der Waals surface area contributed by atoms with E-state index in [-0.39, 0.29) is 17.4 Å². The third-order valence-electron chi connectivity index (χ3n) is 5.74. The van der Waals surface area contributed by atoms with Crippen LogP contribution in [-0.4, -0.2) is 28.8 Å². The number of rotatable bonds is 4. The van der Waals surface area contributed by atoms with Gasteiger partial charge in [-0.3, -0.25) is 15.0 Å². The lowest BCUT2D eigenvalue weighted by molar-refractivity contribution is -0.119. The van der Waals surface area contributed by atoms with Crippen LogP contribution in [-0.2, 0) is 9.53 Å². The van der Waals surface area contributed by atoms with Crippen LogP contribution in [0.15, 0.2) is 29.1 Å². The zero-order valence-corrected chi connectivity index (χ0v) is 16.0. The number of amides is 1. The summed E-state index contributed by atoms with van der Waals surface area (Å²) in [5.41, 5.74) is 3.28. The summed E-state index contributed by atoms with van der Waals surface area (Å²) in [5.74, 6) is 2.01. The standard InChI is InChI=1S/C21H27N3O3/c1-13(2)20-22-18-6-4-3-5-17(18)21(26)24(20)23-19(25)10-14-7-15-9-16(8-14)12-27-11-15/h3-6,13-16H,7-12H2,1-2H3,(H,23,25). The first kappa shape index (κ1) is 18.2. The molecule has 1 aliphatic heterocycles. The number of para-hydroxylation sites is 1. The second-order valence-corrected chi connectivity index (χ2v) is 8.36. The van der Waals surface area contributed by atoms with E-state index in [9.17, 15) is 9.59 Å². The molecule has 2 fully saturated rings. The quantitative estimate of drug-likeness (QED) is 0.899. The highest BCUT2D eigenvalue weighted by Gasteiger charge is 2.33. The summed E-state index contributed by atoms with van der Waals surface area (Å²) in [7, 11) is 0. The van der Waals surface area contributed by atoms with Crippen LogP contribution in [0.25, 0.3) is 10.9 Å². The van der Waals surface area contributed by atoms with E-state index in [1.165, 1.54) is 11.1 Å². The Morgan fingerprint density at radius 3 is 2.63 bits per heavy atom. The van der Waals surface area contributed by atoms with Crippen molar-refractivity contribution in [1.29, 1.82) is 0 Å². The van der Waals surface area contributed by atoms with Crippen molar-refractivity contribution in [1.82, 2.24) is 9.66 Å². The predicted molar refractivity (Wildman–Crippen MR) is 104 cm³/mol. The Hall–Kier alpha value is -2.21. The second-order valence-electron chi connectivity index (χ2n) is 8.36. The molecular weight excluding hydrogens is 342 g/mol. The highest BCUT2D eigenvalue weighted by molar-refractivity contribution is 5.85. The molecule has 6 heteroatoms. The number of benzene rings is 1. The molecule has 2 heterocycles. The lowest BCUT2D eigenvalue weighted by atomic mass is 9.73.